The van der Waals surface area contributed by atoms with Gasteiger partial charge in [-0.2, -0.15) is 5.10 Å². The van der Waals surface area contributed by atoms with Gasteiger partial charge in [0.15, 0.2) is 5.69 Å². The van der Waals surface area contributed by atoms with Crippen LogP contribution in [-0.4, -0.2) is 45.1 Å². The maximum atomic E-state index is 13.1. The zero-order chi connectivity index (χ0) is 17.4. The Morgan fingerprint density at radius 2 is 1.96 bits per heavy atom. The van der Waals surface area contributed by atoms with Crippen molar-refractivity contribution in [1.29, 1.82) is 0 Å². The van der Waals surface area contributed by atoms with Gasteiger partial charge >= 0.3 is 0 Å². The number of nitrogens with one attached hydrogen (secondary N) is 1. The first kappa shape index (κ1) is 15.9. The molecule has 3 heterocycles. The van der Waals surface area contributed by atoms with E-state index in [2.05, 4.69) is 10.4 Å². The van der Waals surface area contributed by atoms with Gasteiger partial charge in [0.1, 0.15) is 5.54 Å². The van der Waals surface area contributed by atoms with Crippen molar-refractivity contribution < 1.29 is 9.59 Å². The van der Waals surface area contributed by atoms with Crippen LogP contribution in [0.2, 0.25) is 0 Å². The zero-order valence-electron chi connectivity index (χ0n) is 14.4. The smallest absolute Gasteiger partial charge is 0.275 e. The predicted molar refractivity (Wildman–Crippen MR) is 93.9 cm³/mol. The molecule has 2 saturated heterocycles. The van der Waals surface area contributed by atoms with Crippen LogP contribution in [0.5, 0.6) is 0 Å². The van der Waals surface area contributed by atoms with Gasteiger partial charge in [0, 0.05) is 20.1 Å². The summed E-state index contributed by atoms with van der Waals surface area (Å²) in [5.74, 6) is -0.156. The van der Waals surface area contributed by atoms with Gasteiger partial charge in [0.2, 0.25) is 5.91 Å². The number of carbonyl (C=O) groups excluding carboxylic acids is 2. The van der Waals surface area contributed by atoms with Gasteiger partial charge in [-0.25, -0.2) is 0 Å². The summed E-state index contributed by atoms with van der Waals surface area (Å²) >= 11 is 0. The minimum Gasteiger partial charge on any atom is -0.354 e. The van der Waals surface area contributed by atoms with Crippen molar-refractivity contribution in [1.82, 2.24) is 20.0 Å². The molecule has 6 heteroatoms. The van der Waals surface area contributed by atoms with E-state index in [0.29, 0.717) is 18.8 Å². The number of aryl methyl sites for hydroxylation is 1. The summed E-state index contributed by atoms with van der Waals surface area (Å²) in [5, 5.41) is 7.36. The Bertz CT molecular complexity index is 814. The van der Waals surface area contributed by atoms with Crippen molar-refractivity contribution in [3.8, 4) is 11.3 Å². The molecule has 2 aromatic rings. The number of aromatic nitrogens is 2. The molecule has 1 atom stereocenters. The highest BCUT2D eigenvalue weighted by Gasteiger charge is 2.50. The largest absolute Gasteiger partial charge is 0.354 e. The van der Waals surface area contributed by atoms with E-state index in [1.807, 2.05) is 43.4 Å². The SMILES string of the molecule is Cn1nc(C(=O)N2CCCC23CCCNC3=O)cc1-c1ccccc1. The van der Waals surface area contributed by atoms with E-state index in [9.17, 15) is 9.59 Å². The van der Waals surface area contributed by atoms with E-state index in [1.165, 1.54) is 0 Å². The monoisotopic (exact) mass is 338 g/mol. The third-order valence-electron chi connectivity index (χ3n) is 5.38. The Kier molecular flexibility index (Phi) is 3.82. The lowest BCUT2D eigenvalue weighted by molar-refractivity contribution is -0.133. The Labute approximate surface area is 146 Å². The Morgan fingerprint density at radius 1 is 1.20 bits per heavy atom. The second-order valence-electron chi connectivity index (χ2n) is 6.86. The molecule has 130 valence electrons. The number of nitrogens with zero attached hydrogens (tertiary/aromatic N) is 3. The first-order chi connectivity index (χ1) is 12.1. The number of amides is 2. The van der Waals surface area contributed by atoms with E-state index in [0.717, 1.165) is 36.9 Å². The van der Waals surface area contributed by atoms with Gasteiger partial charge in [-0.1, -0.05) is 30.3 Å². The second-order valence-corrected chi connectivity index (χ2v) is 6.86. The van der Waals surface area contributed by atoms with E-state index < -0.39 is 5.54 Å². The molecule has 1 aromatic carbocycles. The molecule has 2 aliphatic rings. The van der Waals surface area contributed by atoms with Gasteiger partial charge in [-0.05, 0) is 37.3 Å². The van der Waals surface area contributed by atoms with Gasteiger partial charge in [-0.3, -0.25) is 14.3 Å². The minimum absolute atomic E-state index is 0.0104. The first-order valence-electron chi connectivity index (χ1n) is 8.81. The van der Waals surface area contributed by atoms with Crippen LogP contribution in [0.3, 0.4) is 0 Å². The van der Waals surface area contributed by atoms with Crippen LogP contribution in [0.25, 0.3) is 11.3 Å². The summed E-state index contributed by atoms with van der Waals surface area (Å²) in [5.41, 5.74) is 1.63. The highest BCUT2D eigenvalue weighted by atomic mass is 16.2. The second kappa shape index (κ2) is 6.02. The number of carbonyl (C=O) groups is 2. The van der Waals surface area contributed by atoms with Crippen LogP contribution in [0.1, 0.15) is 36.2 Å². The fraction of sp³-hybridized carbons (Fsp3) is 0.421. The van der Waals surface area contributed by atoms with Crippen molar-refractivity contribution in [2.75, 3.05) is 13.1 Å². The molecule has 25 heavy (non-hydrogen) atoms. The van der Waals surface area contributed by atoms with Crippen molar-refractivity contribution in [3.05, 3.63) is 42.1 Å². The Balaban J connectivity index is 1.66. The van der Waals surface area contributed by atoms with Crippen LogP contribution in [0, 0.1) is 0 Å². The lowest BCUT2D eigenvalue weighted by atomic mass is 9.86. The molecule has 2 amide bonds. The number of benzene rings is 1. The number of likely N-dealkylation sites (tertiary alicyclic amines) is 1. The molecule has 2 aliphatic heterocycles. The summed E-state index contributed by atoms with van der Waals surface area (Å²) < 4.78 is 1.73. The van der Waals surface area contributed by atoms with Crippen LogP contribution in [0.4, 0.5) is 0 Å². The lowest BCUT2D eigenvalue weighted by Gasteiger charge is -2.39. The van der Waals surface area contributed by atoms with E-state index in [1.54, 1.807) is 9.58 Å². The summed E-state index contributed by atoms with van der Waals surface area (Å²) in [4.78, 5) is 27.4. The zero-order valence-corrected chi connectivity index (χ0v) is 14.4. The van der Waals surface area contributed by atoms with Gasteiger partial charge < -0.3 is 10.2 Å². The average molecular weight is 338 g/mol. The van der Waals surface area contributed by atoms with Crippen LogP contribution < -0.4 is 5.32 Å². The quantitative estimate of drug-likeness (QED) is 0.910. The first-order valence-corrected chi connectivity index (χ1v) is 8.81. The molecule has 4 rings (SSSR count). The number of hydrogen-bond acceptors (Lipinski definition) is 3. The molecule has 0 aliphatic carbocycles. The summed E-state index contributed by atoms with van der Waals surface area (Å²) in [7, 11) is 1.84. The summed E-state index contributed by atoms with van der Waals surface area (Å²) in [6.07, 6.45) is 3.25. The molecule has 1 spiro atoms. The molecule has 0 bridgehead atoms. The van der Waals surface area contributed by atoms with Crippen molar-refractivity contribution in [2.45, 2.75) is 31.2 Å². The molecular weight excluding hydrogens is 316 g/mol. The maximum Gasteiger partial charge on any atom is 0.275 e. The number of hydrogen-bond donors (Lipinski definition) is 1. The average Bonchev–Trinajstić information content (AvgIpc) is 3.22. The molecule has 0 radical (unpaired) electrons. The van der Waals surface area contributed by atoms with Crippen molar-refractivity contribution in [3.63, 3.8) is 0 Å². The summed E-state index contributed by atoms with van der Waals surface area (Å²) in [6, 6.07) is 11.7. The topological polar surface area (TPSA) is 67.2 Å². The molecule has 2 fully saturated rings. The Morgan fingerprint density at radius 3 is 2.72 bits per heavy atom. The lowest BCUT2D eigenvalue weighted by Crippen LogP contribution is -2.60. The van der Waals surface area contributed by atoms with Gasteiger partial charge in [0.05, 0.1) is 5.69 Å². The highest BCUT2D eigenvalue weighted by molar-refractivity contribution is 5.99. The minimum atomic E-state index is -0.681. The van der Waals surface area contributed by atoms with E-state index in [4.69, 9.17) is 0 Å². The Hall–Kier alpha value is -2.63. The van der Waals surface area contributed by atoms with Crippen molar-refractivity contribution in [2.24, 2.45) is 7.05 Å². The third kappa shape index (κ3) is 2.52. The molecule has 0 saturated carbocycles. The van der Waals surface area contributed by atoms with E-state index >= 15 is 0 Å². The predicted octanol–water partition coefficient (Wildman–Crippen LogP) is 1.97. The molecule has 1 N–H and O–H groups in total. The molecule has 1 unspecified atom stereocenters. The van der Waals surface area contributed by atoms with Gasteiger partial charge in [0.25, 0.3) is 5.91 Å². The fourth-order valence-electron chi connectivity index (χ4n) is 4.12. The summed E-state index contributed by atoms with van der Waals surface area (Å²) in [6.45, 7) is 1.31. The normalized spacial score (nSPS) is 23.1. The molecule has 1 aromatic heterocycles. The van der Waals surface area contributed by atoms with Gasteiger partial charge in [-0.15, -0.1) is 0 Å². The van der Waals surface area contributed by atoms with E-state index in [-0.39, 0.29) is 11.8 Å². The molecule has 6 nitrogen and oxygen atoms in total. The number of rotatable bonds is 2. The van der Waals surface area contributed by atoms with Crippen molar-refractivity contribution >= 4 is 11.8 Å². The molecular formula is C19H22N4O2. The van der Waals surface area contributed by atoms with Crippen LogP contribution >= 0.6 is 0 Å². The third-order valence-corrected chi connectivity index (χ3v) is 5.38. The highest BCUT2D eigenvalue weighted by Crippen LogP contribution is 2.37. The van der Waals surface area contributed by atoms with Crippen LogP contribution in [0.15, 0.2) is 36.4 Å². The fourth-order valence-corrected chi connectivity index (χ4v) is 4.12. The standard InChI is InChI=1S/C19H22N4O2/c1-22-16(14-7-3-2-4-8-14)13-15(21-22)17(24)23-12-6-10-19(23)9-5-11-20-18(19)25/h2-4,7-8,13H,5-6,9-12H2,1H3,(H,20,25). The number of piperidine rings is 1. The maximum absolute atomic E-state index is 13.1. The van der Waals surface area contributed by atoms with Crippen LogP contribution in [-0.2, 0) is 11.8 Å².